The van der Waals surface area contributed by atoms with Crippen LogP contribution in [0, 0.1) is 6.92 Å². The average molecular weight is 368 g/mol. The van der Waals surface area contributed by atoms with Crippen molar-refractivity contribution in [3.63, 3.8) is 0 Å². The topological polar surface area (TPSA) is 82.2 Å². The second-order valence-corrected chi connectivity index (χ2v) is 7.31. The minimum absolute atomic E-state index is 0.0203. The first-order chi connectivity index (χ1) is 13.0. The highest BCUT2D eigenvalue weighted by Crippen LogP contribution is 2.19. The summed E-state index contributed by atoms with van der Waals surface area (Å²) in [6.45, 7) is 7.67. The number of likely N-dealkylation sites (N-methyl/N-ethyl adjacent to an activating group) is 1. The van der Waals surface area contributed by atoms with E-state index in [1.165, 1.54) is 5.56 Å². The lowest BCUT2D eigenvalue weighted by molar-refractivity contribution is 0.247. The number of nitrogens with zero attached hydrogens (tertiary/aromatic N) is 3. The van der Waals surface area contributed by atoms with E-state index in [0.717, 1.165) is 23.7 Å². The summed E-state index contributed by atoms with van der Waals surface area (Å²) in [5, 5.41) is 17.7. The van der Waals surface area contributed by atoms with Gasteiger partial charge in [-0.2, -0.15) is 5.10 Å². The van der Waals surface area contributed by atoms with Crippen molar-refractivity contribution in [2.75, 3.05) is 30.4 Å². The van der Waals surface area contributed by atoms with E-state index in [1.807, 2.05) is 50.4 Å². The summed E-state index contributed by atoms with van der Waals surface area (Å²) in [4.78, 5) is 14.6. The van der Waals surface area contributed by atoms with Crippen molar-refractivity contribution in [3.05, 3.63) is 47.7 Å². The summed E-state index contributed by atoms with van der Waals surface area (Å²) in [6, 6.07) is 11.8. The third-order valence-electron chi connectivity index (χ3n) is 4.95. The van der Waals surface area contributed by atoms with Gasteiger partial charge in [0.25, 0.3) is 0 Å². The normalized spacial score (nSPS) is 19.4. The molecule has 1 fully saturated rings. The molecule has 2 amide bonds. The number of urea groups is 1. The van der Waals surface area contributed by atoms with Crippen LogP contribution in [0.25, 0.3) is 0 Å². The number of aromatic nitrogens is 2. The second-order valence-electron chi connectivity index (χ2n) is 7.31. The number of anilines is 2. The molecule has 0 radical (unpaired) electrons. The lowest BCUT2D eigenvalue weighted by Gasteiger charge is -2.19. The molecule has 7 nitrogen and oxygen atoms in total. The first kappa shape index (κ1) is 19.1. The highest BCUT2D eigenvalue weighted by molar-refractivity contribution is 5.89. The molecule has 1 aliphatic rings. The van der Waals surface area contributed by atoms with Gasteiger partial charge in [-0.1, -0.05) is 26.0 Å². The zero-order chi connectivity index (χ0) is 19.4. The average Bonchev–Trinajstić information content (AvgIpc) is 3.05. The zero-order valence-corrected chi connectivity index (χ0v) is 16.4. The molecule has 1 aliphatic heterocycles. The molecular formula is C20H28N6O. The lowest BCUT2D eigenvalue weighted by Crippen LogP contribution is -2.49. The molecule has 1 saturated heterocycles. The number of hydrogen-bond donors (Lipinski definition) is 3. The highest BCUT2D eigenvalue weighted by atomic mass is 16.2. The van der Waals surface area contributed by atoms with Gasteiger partial charge in [-0.25, -0.2) is 4.79 Å². The molecule has 0 spiro atoms. The van der Waals surface area contributed by atoms with Gasteiger partial charge in [0.2, 0.25) is 0 Å². The van der Waals surface area contributed by atoms with Crippen molar-refractivity contribution in [2.45, 2.75) is 38.8 Å². The highest BCUT2D eigenvalue weighted by Gasteiger charge is 2.33. The van der Waals surface area contributed by atoms with Crippen LogP contribution in [0.4, 0.5) is 16.3 Å². The van der Waals surface area contributed by atoms with Crippen LogP contribution in [0.5, 0.6) is 0 Å². The second kappa shape index (κ2) is 8.35. The van der Waals surface area contributed by atoms with Crippen LogP contribution in [0.15, 0.2) is 36.4 Å². The van der Waals surface area contributed by atoms with Gasteiger partial charge in [0.1, 0.15) is 0 Å². The number of hydrogen-bond acceptors (Lipinski definition) is 5. The number of carbonyl (C=O) groups is 1. The van der Waals surface area contributed by atoms with E-state index in [2.05, 4.69) is 44.9 Å². The fraction of sp³-hybridized carbons (Fsp3) is 0.450. The Kier molecular flexibility index (Phi) is 5.91. The summed E-state index contributed by atoms with van der Waals surface area (Å²) in [6.07, 6.45) is 0. The smallest absolute Gasteiger partial charge is 0.319 e. The van der Waals surface area contributed by atoms with E-state index < -0.39 is 0 Å². The largest absolute Gasteiger partial charge is 0.351 e. The molecule has 0 aliphatic carbocycles. The van der Waals surface area contributed by atoms with Gasteiger partial charge in [-0.05, 0) is 49.7 Å². The first-order valence-corrected chi connectivity index (χ1v) is 9.36. The monoisotopic (exact) mass is 368 g/mol. The summed E-state index contributed by atoms with van der Waals surface area (Å²) in [7, 11) is 1.91. The van der Waals surface area contributed by atoms with Gasteiger partial charge in [0.05, 0.1) is 11.7 Å². The molecule has 0 unspecified atom stereocenters. The van der Waals surface area contributed by atoms with Crippen molar-refractivity contribution in [2.24, 2.45) is 0 Å². The maximum atomic E-state index is 12.4. The van der Waals surface area contributed by atoms with Crippen molar-refractivity contribution in [3.8, 4) is 0 Å². The van der Waals surface area contributed by atoms with Crippen LogP contribution in [0.1, 0.15) is 31.0 Å². The third kappa shape index (κ3) is 4.74. The molecule has 2 atom stereocenters. The maximum absolute atomic E-state index is 12.4. The molecule has 3 N–H and O–H groups in total. The van der Waals surface area contributed by atoms with E-state index in [4.69, 9.17) is 0 Å². The Balaban J connectivity index is 1.59. The zero-order valence-electron chi connectivity index (χ0n) is 16.4. The van der Waals surface area contributed by atoms with Crippen molar-refractivity contribution in [1.82, 2.24) is 20.8 Å². The van der Waals surface area contributed by atoms with Crippen molar-refractivity contribution in [1.29, 1.82) is 0 Å². The molecular weight excluding hydrogens is 340 g/mol. The summed E-state index contributed by atoms with van der Waals surface area (Å²) < 4.78 is 0. The number of amides is 2. The Morgan fingerprint density at radius 1 is 1.07 bits per heavy atom. The fourth-order valence-corrected chi connectivity index (χ4v) is 3.28. The predicted molar refractivity (Wildman–Crippen MR) is 108 cm³/mol. The molecule has 2 heterocycles. The molecule has 1 aromatic heterocycles. The Hall–Kier alpha value is -2.67. The minimum Gasteiger partial charge on any atom is -0.351 e. The predicted octanol–water partition coefficient (Wildman–Crippen LogP) is 2.51. The molecule has 2 aromatic rings. The lowest BCUT2D eigenvalue weighted by atomic mass is 10.0. The molecule has 3 rings (SSSR count). The van der Waals surface area contributed by atoms with Crippen molar-refractivity contribution < 1.29 is 4.79 Å². The number of nitrogens with one attached hydrogen (secondary N) is 3. The standard InChI is InChI=1S/C20H28N6O/c1-13(2)15-6-8-16(9-7-15)22-20(27)23-18-12-26(11-17(18)21-4)19-10-5-14(3)24-25-19/h5-10,13,17-18,21H,11-12H2,1-4H3,(H2,22,23,27)/t17-,18-/m0/s1. The number of rotatable bonds is 5. The van der Waals surface area contributed by atoms with Crippen molar-refractivity contribution >= 4 is 17.5 Å². The fourth-order valence-electron chi connectivity index (χ4n) is 3.28. The minimum atomic E-state index is -0.200. The SMILES string of the molecule is CN[C@H]1CN(c2ccc(C)nn2)C[C@@H]1NC(=O)Nc1ccc(C(C)C)cc1. The first-order valence-electron chi connectivity index (χ1n) is 9.36. The summed E-state index contributed by atoms with van der Waals surface area (Å²) in [5.74, 6) is 1.30. The van der Waals surface area contributed by atoms with Crippen LogP contribution in [0.2, 0.25) is 0 Å². The van der Waals surface area contributed by atoms with Gasteiger partial charge >= 0.3 is 6.03 Å². The molecule has 27 heavy (non-hydrogen) atoms. The number of carbonyl (C=O) groups excluding carboxylic acids is 1. The Morgan fingerprint density at radius 3 is 2.37 bits per heavy atom. The van der Waals surface area contributed by atoms with Crippen LogP contribution < -0.4 is 20.9 Å². The molecule has 0 bridgehead atoms. The van der Waals surface area contributed by atoms with Crippen LogP contribution in [0.3, 0.4) is 0 Å². The summed E-state index contributed by atoms with van der Waals surface area (Å²) >= 11 is 0. The third-order valence-corrected chi connectivity index (χ3v) is 4.95. The Bertz CT molecular complexity index is 759. The van der Waals surface area contributed by atoms with Crippen LogP contribution in [-0.2, 0) is 0 Å². The number of aryl methyl sites for hydroxylation is 1. The van der Waals surface area contributed by atoms with E-state index in [0.29, 0.717) is 12.5 Å². The summed E-state index contributed by atoms with van der Waals surface area (Å²) in [5.41, 5.74) is 2.93. The van der Waals surface area contributed by atoms with Crippen LogP contribution >= 0.6 is 0 Å². The quantitative estimate of drug-likeness (QED) is 0.755. The van der Waals surface area contributed by atoms with E-state index in [9.17, 15) is 4.79 Å². The Labute approximate surface area is 160 Å². The van der Waals surface area contributed by atoms with Crippen LogP contribution in [-0.4, -0.2) is 48.4 Å². The molecule has 1 aromatic carbocycles. The van der Waals surface area contributed by atoms with Gasteiger partial charge in [0.15, 0.2) is 5.82 Å². The van der Waals surface area contributed by atoms with Gasteiger partial charge in [-0.15, -0.1) is 5.10 Å². The Morgan fingerprint density at radius 2 is 1.78 bits per heavy atom. The molecule has 144 valence electrons. The van der Waals surface area contributed by atoms with Gasteiger partial charge in [-0.3, -0.25) is 0 Å². The van der Waals surface area contributed by atoms with E-state index in [-0.39, 0.29) is 18.1 Å². The number of benzene rings is 1. The molecule has 0 saturated carbocycles. The van der Waals surface area contributed by atoms with E-state index >= 15 is 0 Å². The van der Waals surface area contributed by atoms with Gasteiger partial charge < -0.3 is 20.9 Å². The maximum Gasteiger partial charge on any atom is 0.319 e. The van der Waals surface area contributed by atoms with E-state index in [1.54, 1.807) is 0 Å². The molecule has 7 heteroatoms. The van der Waals surface area contributed by atoms with Gasteiger partial charge in [0, 0.05) is 24.8 Å².